The van der Waals surface area contributed by atoms with E-state index >= 15 is 0 Å². The van der Waals surface area contributed by atoms with Crippen molar-refractivity contribution >= 4 is 17.1 Å². The third-order valence-electron chi connectivity index (χ3n) is 2.52. The molecule has 5 nitrogen and oxygen atoms in total. The molecule has 0 radical (unpaired) electrons. The van der Waals surface area contributed by atoms with Gasteiger partial charge in [0.25, 0.3) is 0 Å². The highest BCUT2D eigenvalue weighted by Crippen LogP contribution is 2.17. The Labute approximate surface area is 97.9 Å². The van der Waals surface area contributed by atoms with Crippen LogP contribution in [-0.2, 0) is 16.1 Å². The van der Waals surface area contributed by atoms with Crippen molar-refractivity contribution in [3.63, 3.8) is 0 Å². The van der Waals surface area contributed by atoms with Gasteiger partial charge < -0.3 is 9.25 Å². The maximum Gasteiger partial charge on any atom is 0.334 e. The molecule has 88 valence electrons. The van der Waals surface area contributed by atoms with Gasteiger partial charge in [0, 0.05) is 0 Å². The van der Waals surface area contributed by atoms with Crippen molar-refractivity contribution in [1.29, 1.82) is 0 Å². The Balaban J connectivity index is 1.77. The first kappa shape index (κ1) is 10.3. The van der Waals surface area contributed by atoms with Gasteiger partial charge >= 0.3 is 5.97 Å². The summed E-state index contributed by atoms with van der Waals surface area (Å²) in [5.74, 6) is 0.0724. The fourth-order valence-electron chi connectivity index (χ4n) is 1.59. The quantitative estimate of drug-likeness (QED) is 0.750. The topological polar surface area (TPSA) is 55.3 Å². The lowest BCUT2D eigenvalue weighted by Gasteiger charge is -1.99. The highest BCUT2D eigenvalue weighted by Gasteiger charge is 2.23. The van der Waals surface area contributed by atoms with Crippen molar-refractivity contribution in [2.75, 3.05) is 13.1 Å². The molecule has 0 spiro atoms. The summed E-state index contributed by atoms with van der Waals surface area (Å²) in [4.78, 5) is 20.7. The SMILES string of the molecule is Cc1ccc2oc(CC(=O)ON3CC3)nc2c1. The molecule has 17 heavy (non-hydrogen) atoms. The molecule has 2 aromatic rings. The number of aromatic nitrogens is 1. The van der Waals surface area contributed by atoms with Crippen molar-refractivity contribution in [3.8, 4) is 0 Å². The summed E-state index contributed by atoms with van der Waals surface area (Å²) < 4.78 is 5.47. The number of hydrogen-bond acceptors (Lipinski definition) is 5. The van der Waals surface area contributed by atoms with Gasteiger partial charge in [-0.1, -0.05) is 6.07 Å². The molecule has 1 aromatic carbocycles. The van der Waals surface area contributed by atoms with E-state index in [1.54, 1.807) is 5.06 Å². The van der Waals surface area contributed by atoms with Crippen LogP contribution in [0.3, 0.4) is 0 Å². The van der Waals surface area contributed by atoms with Crippen molar-refractivity contribution in [2.24, 2.45) is 0 Å². The molecule has 2 heterocycles. The molecule has 0 amide bonds. The molecule has 0 aliphatic carbocycles. The molecule has 0 saturated carbocycles. The Bertz CT molecular complexity index is 572. The third kappa shape index (κ3) is 2.29. The van der Waals surface area contributed by atoms with E-state index < -0.39 is 0 Å². The molecular formula is C12H12N2O3. The Morgan fingerprint density at radius 3 is 3.12 bits per heavy atom. The number of rotatable bonds is 3. The van der Waals surface area contributed by atoms with Gasteiger partial charge in [-0.2, -0.15) is 0 Å². The number of oxazole rings is 1. The molecule has 0 bridgehead atoms. The van der Waals surface area contributed by atoms with E-state index in [0.29, 0.717) is 11.5 Å². The van der Waals surface area contributed by atoms with Crippen LogP contribution < -0.4 is 0 Å². The summed E-state index contributed by atoms with van der Waals surface area (Å²) in [7, 11) is 0. The molecule has 5 heteroatoms. The van der Waals surface area contributed by atoms with Gasteiger partial charge in [-0.25, -0.2) is 9.78 Å². The molecule has 1 aromatic heterocycles. The van der Waals surface area contributed by atoms with Gasteiger partial charge in [0.05, 0.1) is 13.1 Å². The van der Waals surface area contributed by atoms with Gasteiger partial charge in [-0.3, -0.25) is 0 Å². The zero-order valence-corrected chi connectivity index (χ0v) is 9.47. The molecule has 0 unspecified atom stereocenters. The number of carbonyl (C=O) groups excluding carboxylic acids is 1. The van der Waals surface area contributed by atoms with Gasteiger partial charge in [0.1, 0.15) is 11.9 Å². The average Bonchev–Trinajstić information content (AvgIpc) is 2.97. The Kier molecular flexibility index (Phi) is 2.33. The lowest BCUT2D eigenvalue weighted by molar-refractivity contribution is -0.165. The molecule has 0 atom stereocenters. The first-order valence-corrected chi connectivity index (χ1v) is 5.52. The van der Waals surface area contributed by atoms with E-state index in [1.807, 2.05) is 25.1 Å². The number of benzene rings is 1. The van der Waals surface area contributed by atoms with Crippen LogP contribution in [0, 0.1) is 6.92 Å². The maximum absolute atomic E-state index is 11.4. The predicted octanol–water partition coefficient (Wildman–Crippen LogP) is 1.45. The van der Waals surface area contributed by atoms with Crippen LogP contribution in [-0.4, -0.2) is 29.1 Å². The number of nitrogens with zero attached hydrogens (tertiary/aromatic N) is 2. The van der Waals surface area contributed by atoms with Crippen molar-refractivity contribution in [3.05, 3.63) is 29.7 Å². The number of aryl methyl sites for hydroxylation is 1. The second-order valence-corrected chi connectivity index (χ2v) is 4.15. The normalized spacial score (nSPS) is 15.1. The van der Waals surface area contributed by atoms with Gasteiger partial charge in [0.2, 0.25) is 5.89 Å². The first-order chi connectivity index (χ1) is 8.20. The fourth-order valence-corrected chi connectivity index (χ4v) is 1.59. The zero-order chi connectivity index (χ0) is 11.8. The highest BCUT2D eigenvalue weighted by molar-refractivity contribution is 5.76. The summed E-state index contributed by atoms with van der Waals surface area (Å²) >= 11 is 0. The Hall–Kier alpha value is -1.88. The minimum absolute atomic E-state index is 0.0736. The lowest BCUT2D eigenvalue weighted by atomic mass is 10.2. The van der Waals surface area contributed by atoms with E-state index in [-0.39, 0.29) is 12.4 Å². The van der Waals surface area contributed by atoms with Crippen LogP contribution in [0.2, 0.25) is 0 Å². The van der Waals surface area contributed by atoms with Gasteiger partial charge in [0.15, 0.2) is 5.58 Å². The van der Waals surface area contributed by atoms with Crippen LogP contribution in [0.4, 0.5) is 0 Å². The van der Waals surface area contributed by atoms with E-state index in [1.165, 1.54) is 0 Å². The lowest BCUT2D eigenvalue weighted by Crippen LogP contribution is -2.12. The molecular weight excluding hydrogens is 220 g/mol. The number of hydrogen-bond donors (Lipinski definition) is 0. The third-order valence-corrected chi connectivity index (χ3v) is 2.52. The Morgan fingerprint density at radius 1 is 1.53 bits per heavy atom. The van der Waals surface area contributed by atoms with Crippen LogP contribution >= 0.6 is 0 Å². The number of carbonyl (C=O) groups is 1. The molecule has 1 aliphatic rings. The van der Waals surface area contributed by atoms with E-state index in [9.17, 15) is 4.79 Å². The van der Waals surface area contributed by atoms with E-state index in [0.717, 1.165) is 24.2 Å². The minimum atomic E-state index is -0.328. The summed E-state index contributed by atoms with van der Waals surface area (Å²) in [6.45, 7) is 3.62. The summed E-state index contributed by atoms with van der Waals surface area (Å²) in [5.41, 5.74) is 2.59. The smallest absolute Gasteiger partial charge is 0.334 e. The van der Waals surface area contributed by atoms with Gasteiger partial charge in [-0.05, 0) is 24.6 Å². The molecule has 3 rings (SSSR count). The molecule has 1 fully saturated rings. The fraction of sp³-hybridized carbons (Fsp3) is 0.333. The maximum atomic E-state index is 11.4. The van der Waals surface area contributed by atoms with E-state index in [2.05, 4.69) is 4.98 Å². The van der Waals surface area contributed by atoms with Crippen LogP contribution in [0.5, 0.6) is 0 Å². The van der Waals surface area contributed by atoms with Crippen LogP contribution in [0.1, 0.15) is 11.5 Å². The average molecular weight is 232 g/mol. The highest BCUT2D eigenvalue weighted by atomic mass is 16.7. The zero-order valence-electron chi connectivity index (χ0n) is 9.47. The Morgan fingerprint density at radius 2 is 2.35 bits per heavy atom. The van der Waals surface area contributed by atoms with Gasteiger partial charge in [-0.15, -0.1) is 5.06 Å². The van der Waals surface area contributed by atoms with Crippen LogP contribution in [0.25, 0.3) is 11.1 Å². The van der Waals surface area contributed by atoms with Crippen molar-refractivity contribution in [2.45, 2.75) is 13.3 Å². The molecule has 0 N–H and O–H groups in total. The second-order valence-electron chi connectivity index (χ2n) is 4.15. The minimum Gasteiger partial charge on any atom is -0.440 e. The van der Waals surface area contributed by atoms with Crippen molar-refractivity contribution < 1.29 is 14.0 Å². The monoisotopic (exact) mass is 232 g/mol. The summed E-state index contributed by atoms with van der Waals surface area (Å²) in [5, 5.41) is 1.59. The first-order valence-electron chi connectivity index (χ1n) is 5.52. The predicted molar refractivity (Wildman–Crippen MR) is 60.1 cm³/mol. The number of fused-ring (bicyclic) bond motifs is 1. The molecule has 1 saturated heterocycles. The number of hydroxylamine groups is 2. The molecule has 1 aliphatic heterocycles. The summed E-state index contributed by atoms with van der Waals surface area (Å²) in [6.07, 6.45) is 0.0736. The second kappa shape index (κ2) is 3.85. The van der Waals surface area contributed by atoms with Crippen LogP contribution in [0.15, 0.2) is 22.6 Å². The standard InChI is InChI=1S/C12H12N2O3/c1-8-2-3-10-9(6-8)13-11(16-10)7-12(15)17-14-4-5-14/h2-3,6H,4-5,7H2,1H3. The largest absolute Gasteiger partial charge is 0.440 e. The van der Waals surface area contributed by atoms with Crippen molar-refractivity contribution in [1.82, 2.24) is 10.0 Å². The summed E-state index contributed by atoms with van der Waals surface area (Å²) in [6, 6.07) is 5.74. The van der Waals surface area contributed by atoms with E-state index in [4.69, 9.17) is 9.25 Å².